The first kappa shape index (κ1) is 23.7. The molecule has 3 aromatic carbocycles. The van der Waals surface area contributed by atoms with E-state index in [9.17, 15) is 9.18 Å². The number of carbonyl (C=O) groups is 1. The predicted octanol–water partition coefficient (Wildman–Crippen LogP) is 6.29. The van der Waals surface area contributed by atoms with Crippen LogP contribution in [0.4, 0.5) is 4.39 Å². The molecule has 0 unspecified atom stereocenters. The van der Waals surface area contributed by atoms with E-state index in [4.69, 9.17) is 4.98 Å². The number of hydrogen-bond acceptors (Lipinski definition) is 2. The van der Waals surface area contributed by atoms with Gasteiger partial charge in [0.15, 0.2) is 0 Å². The molecule has 0 bridgehead atoms. The molecule has 176 valence electrons. The Bertz CT molecular complexity index is 1270. The SMILES string of the molecule is Cc1cc(C)c(Cn2c(CCCCCNC(=O)c3ccc(F)cc3)nc3ccccc32)c(C)c1. The van der Waals surface area contributed by atoms with Gasteiger partial charge in [0, 0.05) is 25.1 Å². The minimum atomic E-state index is -0.338. The van der Waals surface area contributed by atoms with Crippen LogP contribution in [0.2, 0.25) is 0 Å². The highest BCUT2D eigenvalue weighted by Gasteiger charge is 2.13. The first-order chi connectivity index (χ1) is 16.4. The van der Waals surface area contributed by atoms with Gasteiger partial charge in [0.2, 0.25) is 0 Å². The van der Waals surface area contributed by atoms with Crippen LogP contribution in [-0.2, 0) is 13.0 Å². The van der Waals surface area contributed by atoms with Crippen molar-refractivity contribution >= 4 is 16.9 Å². The van der Waals surface area contributed by atoms with Gasteiger partial charge < -0.3 is 9.88 Å². The third-order valence-corrected chi connectivity index (χ3v) is 6.36. The van der Waals surface area contributed by atoms with Gasteiger partial charge in [0.1, 0.15) is 11.6 Å². The number of imidazole rings is 1. The summed E-state index contributed by atoms with van der Waals surface area (Å²) in [5, 5.41) is 2.92. The van der Waals surface area contributed by atoms with Crippen molar-refractivity contribution < 1.29 is 9.18 Å². The Balaban J connectivity index is 1.37. The van der Waals surface area contributed by atoms with E-state index in [1.807, 2.05) is 6.07 Å². The molecule has 0 saturated heterocycles. The van der Waals surface area contributed by atoms with E-state index >= 15 is 0 Å². The molecule has 5 heteroatoms. The fourth-order valence-electron chi connectivity index (χ4n) is 4.60. The largest absolute Gasteiger partial charge is 0.352 e. The number of fused-ring (bicyclic) bond motifs is 1. The molecule has 4 aromatic rings. The Hall–Kier alpha value is -3.47. The quantitative estimate of drug-likeness (QED) is 0.300. The molecular formula is C29H32FN3O. The van der Waals surface area contributed by atoms with Gasteiger partial charge in [-0.25, -0.2) is 9.37 Å². The Kier molecular flexibility index (Phi) is 7.41. The predicted molar refractivity (Wildman–Crippen MR) is 136 cm³/mol. The number of halogens is 1. The molecule has 4 rings (SSSR count). The summed E-state index contributed by atoms with van der Waals surface area (Å²) in [7, 11) is 0. The summed E-state index contributed by atoms with van der Waals surface area (Å²) in [5.74, 6) is 0.608. The molecule has 0 aliphatic rings. The Morgan fingerprint density at radius 1 is 0.941 bits per heavy atom. The van der Waals surface area contributed by atoms with Crippen LogP contribution in [0.3, 0.4) is 0 Å². The zero-order valence-electron chi connectivity index (χ0n) is 20.2. The van der Waals surface area contributed by atoms with Crippen LogP contribution in [0.1, 0.15) is 57.7 Å². The average molecular weight is 458 g/mol. The number of unbranched alkanes of at least 4 members (excludes halogenated alkanes) is 2. The van der Waals surface area contributed by atoms with E-state index in [1.165, 1.54) is 52.0 Å². The maximum absolute atomic E-state index is 13.0. The molecule has 0 aliphatic carbocycles. The molecule has 1 amide bonds. The van der Waals surface area contributed by atoms with Crippen LogP contribution in [0.25, 0.3) is 11.0 Å². The molecule has 1 aromatic heterocycles. The summed E-state index contributed by atoms with van der Waals surface area (Å²) < 4.78 is 15.4. The molecule has 1 heterocycles. The normalized spacial score (nSPS) is 11.2. The summed E-state index contributed by atoms with van der Waals surface area (Å²) in [6.45, 7) is 7.95. The van der Waals surface area contributed by atoms with E-state index in [2.05, 4.69) is 61.0 Å². The molecule has 0 atom stereocenters. The van der Waals surface area contributed by atoms with Crippen LogP contribution in [-0.4, -0.2) is 22.0 Å². The number of benzene rings is 3. The molecule has 0 fully saturated rings. The number of hydrogen-bond donors (Lipinski definition) is 1. The molecule has 0 aliphatic heterocycles. The van der Waals surface area contributed by atoms with Crippen molar-refractivity contribution in [3.05, 3.63) is 100 Å². The molecule has 1 N–H and O–H groups in total. The second-order valence-corrected chi connectivity index (χ2v) is 9.05. The van der Waals surface area contributed by atoms with Gasteiger partial charge >= 0.3 is 0 Å². The van der Waals surface area contributed by atoms with E-state index in [1.54, 1.807) is 0 Å². The van der Waals surface area contributed by atoms with Crippen LogP contribution in [0.5, 0.6) is 0 Å². The first-order valence-electron chi connectivity index (χ1n) is 12.0. The van der Waals surface area contributed by atoms with Crippen molar-refractivity contribution in [2.45, 2.75) is 53.0 Å². The summed E-state index contributed by atoms with van der Waals surface area (Å²) >= 11 is 0. The Morgan fingerprint density at radius 2 is 1.65 bits per heavy atom. The van der Waals surface area contributed by atoms with Crippen LogP contribution in [0.15, 0.2) is 60.7 Å². The van der Waals surface area contributed by atoms with E-state index in [-0.39, 0.29) is 11.7 Å². The fourth-order valence-corrected chi connectivity index (χ4v) is 4.60. The lowest BCUT2D eigenvalue weighted by atomic mass is 9.99. The van der Waals surface area contributed by atoms with Crippen molar-refractivity contribution in [2.24, 2.45) is 0 Å². The van der Waals surface area contributed by atoms with Gasteiger partial charge in [-0.1, -0.05) is 36.2 Å². The number of amides is 1. The number of nitrogens with zero attached hydrogens (tertiary/aromatic N) is 2. The minimum absolute atomic E-state index is 0.161. The molecule has 0 radical (unpaired) electrons. The summed E-state index contributed by atoms with van der Waals surface area (Å²) in [6.07, 6.45) is 3.78. The van der Waals surface area contributed by atoms with Crippen LogP contribution >= 0.6 is 0 Å². The average Bonchev–Trinajstić information content (AvgIpc) is 3.16. The van der Waals surface area contributed by atoms with Gasteiger partial charge in [-0.15, -0.1) is 0 Å². The molecular weight excluding hydrogens is 425 g/mol. The number of aryl methyl sites for hydroxylation is 4. The van der Waals surface area contributed by atoms with Crippen LogP contribution in [0, 0.1) is 26.6 Å². The van der Waals surface area contributed by atoms with Gasteiger partial charge in [-0.3, -0.25) is 4.79 Å². The lowest BCUT2D eigenvalue weighted by Crippen LogP contribution is -2.24. The molecule has 4 nitrogen and oxygen atoms in total. The fraction of sp³-hybridized carbons (Fsp3) is 0.310. The smallest absolute Gasteiger partial charge is 0.251 e. The van der Waals surface area contributed by atoms with Crippen molar-refractivity contribution in [1.29, 1.82) is 0 Å². The number of carbonyl (C=O) groups excluding carboxylic acids is 1. The highest BCUT2D eigenvalue weighted by Crippen LogP contribution is 2.23. The second-order valence-electron chi connectivity index (χ2n) is 9.05. The maximum atomic E-state index is 13.0. The molecule has 34 heavy (non-hydrogen) atoms. The first-order valence-corrected chi connectivity index (χ1v) is 12.0. The summed E-state index contributed by atoms with van der Waals surface area (Å²) in [5.41, 5.74) is 7.97. The van der Waals surface area contributed by atoms with Crippen molar-refractivity contribution in [3.8, 4) is 0 Å². The third kappa shape index (κ3) is 5.53. The Labute approximate surface area is 200 Å². The summed E-state index contributed by atoms with van der Waals surface area (Å²) in [4.78, 5) is 17.1. The standard InChI is InChI=1S/C29H32FN3O/c1-20-17-21(2)25(22(3)18-20)19-33-27-10-7-6-9-26(27)32-28(33)11-5-4-8-16-31-29(34)23-12-14-24(30)15-13-23/h6-7,9-10,12-15,17-18H,4-5,8,11,16,19H2,1-3H3,(H,31,34). The maximum Gasteiger partial charge on any atom is 0.251 e. The number of aromatic nitrogens is 2. The monoisotopic (exact) mass is 457 g/mol. The number of nitrogens with one attached hydrogen (secondary N) is 1. The lowest BCUT2D eigenvalue weighted by Gasteiger charge is -2.15. The molecule has 0 spiro atoms. The van der Waals surface area contributed by atoms with Crippen molar-refractivity contribution in [3.63, 3.8) is 0 Å². The highest BCUT2D eigenvalue weighted by atomic mass is 19.1. The van der Waals surface area contributed by atoms with Crippen molar-refractivity contribution in [2.75, 3.05) is 6.54 Å². The molecule has 0 saturated carbocycles. The van der Waals surface area contributed by atoms with Gasteiger partial charge in [0.05, 0.1) is 11.0 Å². The number of rotatable bonds is 9. The van der Waals surface area contributed by atoms with Gasteiger partial charge in [-0.2, -0.15) is 0 Å². The third-order valence-electron chi connectivity index (χ3n) is 6.36. The van der Waals surface area contributed by atoms with E-state index in [0.29, 0.717) is 12.1 Å². The zero-order valence-corrected chi connectivity index (χ0v) is 20.2. The Morgan fingerprint density at radius 3 is 2.38 bits per heavy atom. The van der Waals surface area contributed by atoms with E-state index in [0.717, 1.165) is 43.6 Å². The summed E-state index contributed by atoms with van der Waals surface area (Å²) in [6, 6.07) is 18.5. The number of para-hydroxylation sites is 2. The minimum Gasteiger partial charge on any atom is -0.352 e. The van der Waals surface area contributed by atoms with Crippen LogP contribution < -0.4 is 5.32 Å². The van der Waals surface area contributed by atoms with Gasteiger partial charge in [-0.05, 0) is 86.7 Å². The van der Waals surface area contributed by atoms with E-state index < -0.39 is 0 Å². The second kappa shape index (κ2) is 10.6. The van der Waals surface area contributed by atoms with Gasteiger partial charge in [0.25, 0.3) is 5.91 Å². The van der Waals surface area contributed by atoms with Crippen molar-refractivity contribution in [1.82, 2.24) is 14.9 Å². The highest BCUT2D eigenvalue weighted by molar-refractivity contribution is 5.94. The lowest BCUT2D eigenvalue weighted by molar-refractivity contribution is 0.0953. The topological polar surface area (TPSA) is 46.9 Å². The zero-order chi connectivity index (χ0) is 24.1.